The van der Waals surface area contributed by atoms with Crippen LogP contribution in [0.25, 0.3) is 6.08 Å². The normalized spacial score (nSPS) is 23.9. The van der Waals surface area contributed by atoms with Crippen molar-refractivity contribution in [3.05, 3.63) is 64.5 Å². The molecule has 3 N–H and O–H groups in total. The van der Waals surface area contributed by atoms with Crippen LogP contribution in [0.4, 0.5) is 10.2 Å². The molecule has 0 radical (unpaired) electrons. The van der Waals surface area contributed by atoms with Gasteiger partial charge in [0.15, 0.2) is 0 Å². The zero-order valence-electron chi connectivity index (χ0n) is 19.4. The number of aromatic nitrogens is 1. The zero-order chi connectivity index (χ0) is 23.3. The van der Waals surface area contributed by atoms with Gasteiger partial charge in [-0.2, -0.15) is 0 Å². The summed E-state index contributed by atoms with van der Waals surface area (Å²) < 4.78 is 13.1. The molecule has 0 saturated heterocycles. The monoisotopic (exact) mass is 439 g/mol. The molecule has 0 bridgehead atoms. The van der Waals surface area contributed by atoms with E-state index in [0.29, 0.717) is 12.2 Å². The maximum atomic E-state index is 13.1. The third-order valence-electron chi connectivity index (χ3n) is 5.88. The summed E-state index contributed by atoms with van der Waals surface area (Å²) >= 11 is 0. The van der Waals surface area contributed by atoms with Gasteiger partial charge in [0.2, 0.25) is 5.91 Å². The third kappa shape index (κ3) is 5.94. The van der Waals surface area contributed by atoms with E-state index in [-0.39, 0.29) is 11.9 Å². The topological polar surface area (TPSA) is 74.2 Å². The van der Waals surface area contributed by atoms with Crippen molar-refractivity contribution in [3.63, 3.8) is 0 Å². The second-order valence-electron chi connectivity index (χ2n) is 8.64. The van der Waals surface area contributed by atoms with Crippen LogP contribution >= 0.6 is 0 Å². The predicted molar refractivity (Wildman–Crippen MR) is 128 cm³/mol. The van der Waals surface area contributed by atoms with Crippen LogP contribution in [0.15, 0.2) is 53.4 Å². The number of amides is 1. The second-order valence-corrected chi connectivity index (χ2v) is 8.64. The molecule has 1 aromatic heterocycles. The Bertz CT molecular complexity index is 964. The molecule has 172 valence electrons. The third-order valence-corrected chi connectivity index (χ3v) is 5.88. The van der Waals surface area contributed by atoms with E-state index < -0.39 is 18.2 Å². The maximum absolute atomic E-state index is 13.1. The van der Waals surface area contributed by atoms with E-state index in [0.717, 1.165) is 47.1 Å². The molecule has 0 spiro atoms. The Morgan fingerprint density at radius 3 is 2.75 bits per heavy atom. The molecular formula is C26H34FN3O2. The van der Waals surface area contributed by atoms with Crippen LogP contribution in [-0.2, 0) is 4.79 Å². The first-order valence-electron chi connectivity index (χ1n) is 11.5. The smallest absolute Gasteiger partial charge is 0.231 e. The number of anilines is 1. The van der Waals surface area contributed by atoms with Gasteiger partial charge in [-0.25, -0.2) is 9.37 Å². The van der Waals surface area contributed by atoms with Crippen LogP contribution in [0.3, 0.4) is 0 Å². The van der Waals surface area contributed by atoms with Gasteiger partial charge in [0.05, 0.1) is 18.1 Å². The van der Waals surface area contributed by atoms with Gasteiger partial charge in [-0.3, -0.25) is 4.79 Å². The Balaban J connectivity index is 1.81. The Morgan fingerprint density at radius 2 is 2.16 bits per heavy atom. The highest BCUT2D eigenvalue weighted by atomic mass is 19.1. The molecule has 1 aliphatic heterocycles. The van der Waals surface area contributed by atoms with Crippen LogP contribution in [0.1, 0.15) is 57.6 Å². The van der Waals surface area contributed by atoms with Gasteiger partial charge in [0.25, 0.3) is 0 Å². The lowest BCUT2D eigenvalue weighted by Crippen LogP contribution is -2.37. The van der Waals surface area contributed by atoms with Gasteiger partial charge in [0.1, 0.15) is 12.0 Å². The van der Waals surface area contributed by atoms with Gasteiger partial charge in [-0.15, -0.1) is 0 Å². The van der Waals surface area contributed by atoms with Crippen molar-refractivity contribution in [2.45, 2.75) is 71.7 Å². The minimum absolute atomic E-state index is 0.0863. The summed E-state index contributed by atoms with van der Waals surface area (Å²) in [5, 5.41) is 16.4. The number of pyridine rings is 1. The standard InChI is InChI=1S/C26H34FN3O2/c1-5-7-9-18(21-15-28-23(10-17(21)4)24(31)8-6-2)12-19-14-29-25(11-16(19)3)30-26(32)20-13-22(20)27/h7,9-12,14-15,20,22-24,28,31H,5-6,8,13H2,1-4H3,(H,29,30,32)/b9-7+,18-12+. The maximum Gasteiger partial charge on any atom is 0.231 e. The fourth-order valence-corrected chi connectivity index (χ4v) is 3.78. The number of allylic oxidation sites excluding steroid dienone is 5. The summed E-state index contributed by atoms with van der Waals surface area (Å²) in [5.41, 5.74) is 5.11. The van der Waals surface area contributed by atoms with Gasteiger partial charge >= 0.3 is 0 Å². The zero-order valence-corrected chi connectivity index (χ0v) is 19.4. The fourth-order valence-electron chi connectivity index (χ4n) is 3.78. The number of hydrogen-bond donors (Lipinski definition) is 3. The molecule has 4 atom stereocenters. The minimum atomic E-state index is -1.03. The summed E-state index contributed by atoms with van der Waals surface area (Å²) in [4.78, 5) is 16.3. The summed E-state index contributed by atoms with van der Waals surface area (Å²) in [6.45, 7) is 8.18. The van der Waals surface area contributed by atoms with E-state index in [1.807, 2.05) is 19.2 Å². The van der Waals surface area contributed by atoms with E-state index in [2.05, 4.69) is 60.7 Å². The SMILES string of the molecule is CC/C=C/C(=C\c1cnc(NC(=O)C2CC2F)cc1C)C1=CNC(C(O)CCC)C=C1C. The molecular weight excluding hydrogens is 405 g/mol. The largest absolute Gasteiger partial charge is 0.391 e. The molecule has 2 aliphatic rings. The predicted octanol–water partition coefficient (Wildman–Crippen LogP) is 5.00. The first-order chi connectivity index (χ1) is 15.3. The van der Waals surface area contributed by atoms with Crippen LogP contribution in [0.5, 0.6) is 0 Å². The summed E-state index contributed by atoms with van der Waals surface area (Å²) in [6, 6.07) is 1.73. The molecule has 0 aromatic carbocycles. The lowest BCUT2D eigenvalue weighted by molar-refractivity contribution is -0.117. The molecule has 1 amide bonds. The van der Waals surface area contributed by atoms with Crippen molar-refractivity contribution in [2.24, 2.45) is 5.92 Å². The van der Waals surface area contributed by atoms with Gasteiger partial charge in [-0.1, -0.05) is 38.5 Å². The van der Waals surface area contributed by atoms with Crippen LogP contribution in [-0.4, -0.2) is 34.3 Å². The van der Waals surface area contributed by atoms with Crippen molar-refractivity contribution in [2.75, 3.05) is 5.32 Å². The average molecular weight is 440 g/mol. The number of hydrogen-bond acceptors (Lipinski definition) is 4. The van der Waals surface area contributed by atoms with Gasteiger partial charge in [-0.05, 0) is 67.5 Å². The van der Waals surface area contributed by atoms with Crippen molar-refractivity contribution in [1.29, 1.82) is 0 Å². The molecule has 1 fully saturated rings. The molecule has 4 unspecified atom stereocenters. The number of halogens is 1. The van der Waals surface area contributed by atoms with E-state index in [4.69, 9.17) is 0 Å². The minimum Gasteiger partial charge on any atom is -0.391 e. The summed E-state index contributed by atoms with van der Waals surface area (Å²) in [5.74, 6) is -0.405. The fraction of sp³-hybridized carbons (Fsp3) is 0.462. The summed E-state index contributed by atoms with van der Waals surface area (Å²) in [7, 11) is 0. The van der Waals surface area contributed by atoms with E-state index in [9.17, 15) is 14.3 Å². The number of carbonyl (C=O) groups is 1. The molecule has 1 aromatic rings. The number of carbonyl (C=O) groups excluding carboxylic acids is 1. The number of dihydropyridines is 1. The number of rotatable bonds is 9. The molecule has 5 nitrogen and oxygen atoms in total. The van der Waals surface area contributed by atoms with E-state index >= 15 is 0 Å². The quantitative estimate of drug-likeness (QED) is 0.474. The van der Waals surface area contributed by atoms with Crippen molar-refractivity contribution in [1.82, 2.24) is 10.3 Å². The number of aliphatic hydroxyl groups is 1. The first-order valence-corrected chi connectivity index (χ1v) is 11.5. The number of nitrogens with zero attached hydrogens (tertiary/aromatic N) is 1. The molecule has 1 aliphatic carbocycles. The highest BCUT2D eigenvalue weighted by Crippen LogP contribution is 2.34. The van der Waals surface area contributed by atoms with Crippen molar-refractivity contribution in [3.8, 4) is 0 Å². The molecule has 3 rings (SSSR count). The second kappa shape index (κ2) is 10.7. The lowest BCUT2D eigenvalue weighted by atomic mass is 9.91. The van der Waals surface area contributed by atoms with Crippen LogP contribution < -0.4 is 10.6 Å². The lowest BCUT2D eigenvalue weighted by Gasteiger charge is -2.26. The van der Waals surface area contributed by atoms with Gasteiger partial charge < -0.3 is 15.7 Å². The Hall–Kier alpha value is -2.73. The number of nitrogens with one attached hydrogen (secondary N) is 2. The van der Waals surface area contributed by atoms with Crippen molar-refractivity contribution < 1.29 is 14.3 Å². The highest BCUT2D eigenvalue weighted by Gasteiger charge is 2.43. The Labute approximate surface area is 190 Å². The highest BCUT2D eigenvalue weighted by molar-refractivity contribution is 5.94. The Morgan fingerprint density at radius 1 is 1.41 bits per heavy atom. The van der Waals surface area contributed by atoms with Crippen molar-refractivity contribution >= 4 is 17.8 Å². The summed E-state index contributed by atoms with van der Waals surface area (Å²) in [6.07, 6.45) is 13.5. The van der Waals surface area contributed by atoms with E-state index in [1.165, 1.54) is 0 Å². The molecule has 32 heavy (non-hydrogen) atoms. The Kier molecular flexibility index (Phi) is 8.02. The van der Waals surface area contributed by atoms with Gasteiger partial charge in [0, 0.05) is 18.0 Å². The molecule has 6 heteroatoms. The average Bonchev–Trinajstić information content (AvgIpc) is 3.49. The number of aryl methyl sites for hydroxylation is 1. The van der Waals surface area contributed by atoms with Crippen LogP contribution in [0.2, 0.25) is 0 Å². The van der Waals surface area contributed by atoms with Crippen LogP contribution in [0, 0.1) is 12.8 Å². The first kappa shape index (κ1) is 23.9. The van der Waals surface area contributed by atoms with E-state index in [1.54, 1.807) is 6.20 Å². The molecule has 1 saturated carbocycles. The number of alkyl halides is 1. The molecule has 2 heterocycles. The number of aliphatic hydroxyl groups excluding tert-OH is 1.